The summed E-state index contributed by atoms with van der Waals surface area (Å²) in [6.07, 6.45) is 0.677. The Kier molecular flexibility index (Phi) is 4.40. The molecule has 1 aromatic carbocycles. The van der Waals surface area contributed by atoms with Crippen LogP contribution < -0.4 is 4.74 Å². The van der Waals surface area contributed by atoms with E-state index >= 15 is 0 Å². The predicted octanol–water partition coefficient (Wildman–Crippen LogP) is 1.28. The molecule has 1 saturated carbocycles. The number of rotatable bonds is 4. The van der Waals surface area contributed by atoms with Crippen LogP contribution in [0, 0.1) is 17.7 Å². The van der Waals surface area contributed by atoms with Crippen molar-refractivity contribution in [3.05, 3.63) is 30.1 Å². The molecule has 2 atom stereocenters. The minimum atomic E-state index is -0.761. The Morgan fingerprint density at radius 2 is 2.06 bits per heavy atom. The molecule has 1 aliphatic rings. The number of carbonyl (C=O) groups is 1. The third-order valence-corrected chi connectivity index (χ3v) is 2.52. The van der Waals surface area contributed by atoms with Gasteiger partial charge in [-0.1, -0.05) is 0 Å². The van der Waals surface area contributed by atoms with Crippen LogP contribution in [0.15, 0.2) is 24.3 Å². The van der Waals surface area contributed by atoms with Gasteiger partial charge in [0.15, 0.2) is 0 Å². The molecule has 2 unspecified atom stereocenters. The standard InChI is InChI=1S/C11H11FO3.Li.H/c12-8-1-3-9(4-2-8)15-6-7-5-10(7)11(13)14;;/h1-4,7,10H,5-6H2,(H,13,14);;. The van der Waals surface area contributed by atoms with E-state index in [2.05, 4.69) is 0 Å². The van der Waals surface area contributed by atoms with Gasteiger partial charge in [-0.3, -0.25) is 4.79 Å². The monoisotopic (exact) mass is 218 g/mol. The van der Waals surface area contributed by atoms with Gasteiger partial charge in [-0.25, -0.2) is 4.39 Å². The van der Waals surface area contributed by atoms with Crippen molar-refractivity contribution in [2.75, 3.05) is 6.61 Å². The molecule has 82 valence electrons. The molecule has 2 rings (SSSR count). The second kappa shape index (κ2) is 5.38. The summed E-state index contributed by atoms with van der Waals surface area (Å²) < 4.78 is 17.9. The summed E-state index contributed by atoms with van der Waals surface area (Å²) in [6, 6.07) is 5.70. The number of benzene rings is 1. The van der Waals surface area contributed by atoms with E-state index in [-0.39, 0.29) is 36.5 Å². The average Bonchev–Trinajstić information content (AvgIpc) is 2.96. The Morgan fingerprint density at radius 3 is 2.56 bits per heavy atom. The van der Waals surface area contributed by atoms with Crippen molar-refractivity contribution in [3.63, 3.8) is 0 Å². The first kappa shape index (κ1) is 13.1. The summed E-state index contributed by atoms with van der Waals surface area (Å²) in [5.74, 6) is -0.648. The van der Waals surface area contributed by atoms with Crippen LogP contribution in [0.2, 0.25) is 0 Å². The van der Waals surface area contributed by atoms with Gasteiger partial charge in [0.2, 0.25) is 0 Å². The molecule has 1 aromatic rings. The molecule has 0 saturated heterocycles. The Hall–Kier alpha value is -0.983. The van der Waals surface area contributed by atoms with Crippen LogP contribution >= 0.6 is 0 Å². The zero-order valence-corrected chi connectivity index (χ0v) is 8.02. The van der Waals surface area contributed by atoms with Gasteiger partial charge in [-0.2, -0.15) is 0 Å². The summed E-state index contributed by atoms with van der Waals surface area (Å²) in [7, 11) is 0. The maximum atomic E-state index is 12.5. The number of ether oxygens (including phenoxy) is 1. The number of halogens is 1. The van der Waals surface area contributed by atoms with Crippen molar-refractivity contribution in [3.8, 4) is 5.75 Å². The molecule has 16 heavy (non-hydrogen) atoms. The number of hydrogen-bond donors (Lipinski definition) is 1. The molecular formula is C11H12FLiO3. The Balaban J connectivity index is 0.00000128. The molecule has 3 nitrogen and oxygen atoms in total. The Labute approximate surface area is 105 Å². The summed E-state index contributed by atoms with van der Waals surface area (Å²) in [5.41, 5.74) is 0. The average molecular weight is 218 g/mol. The van der Waals surface area contributed by atoms with Crippen molar-refractivity contribution in [1.82, 2.24) is 0 Å². The van der Waals surface area contributed by atoms with Gasteiger partial charge in [0.1, 0.15) is 11.6 Å². The van der Waals surface area contributed by atoms with E-state index in [1.807, 2.05) is 0 Å². The zero-order chi connectivity index (χ0) is 10.8. The van der Waals surface area contributed by atoms with Crippen molar-refractivity contribution in [2.45, 2.75) is 6.42 Å². The molecule has 0 amide bonds. The van der Waals surface area contributed by atoms with Gasteiger partial charge in [-0.05, 0) is 30.7 Å². The van der Waals surface area contributed by atoms with E-state index in [0.717, 1.165) is 0 Å². The zero-order valence-electron chi connectivity index (χ0n) is 8.02. The van der Waals surface area contributed by atoms with Crippen LogP contribution in [0.1, 0.15) is 6.42 Å². The summed E-state index contributed by atoms with van der Waals surface area (Å²) in [5, 5.41) is 8.65. The summed E-state index contributed by atoms with van der Waals surface area (Å²) in [6.45, 7) is 0.391. The molecule has 1 aliphatic carbocycles. The molecule has 0 spiro atoms. The number of carboxylic acids is 1. The van der Waals surface area contributed by atoms with Crippen LogP contribution in [-0.2, 0) is 4.79 Å². The molecule has 0 bridgehead atoms. The van der Waals surface area contributed by atoms with Gasteiger partial charge >= 0.3 is 24.8 Å². The van der Waals surface area contributed by atoms with Gasteiger partial charge in [0.25, 0.3) is 0 Å². The van der Waals surface area contributed by atoms with Gasteiger partial charge < -0.3 is 9.84 Å². The first-order chi connectivity index (χ1) is 7.16. The van der Waals surface area contributed by atoms with E-state index in [4.69, 9.17) is 9.84 Å². The molecule has 0 aromatic heterocycles. The van der Waals surface area contributed by atoms with E-state index < -0.39 is 5.97 Å². The minimum absolute atomic E-state index is 0. The van der Waals surface area contributed by atoms with Crippen molar-refractivity contribution >= 4 is 24.8 Å². The fourth-order valence-electron chi connectivity index (χ4n) is 1.47. The molecule has 1 N–H and O–H groups in total. The van der Waals surface area contributed by atoms with Gasteiger partial charge in [0.05, 0.1) is 12.5 Å². The first-order valence-electron chi connectivity index (χ1n) is 4.78. The number of carboxylic acid groups (broad SMARTS) is 1. The second-order valence-corrected chi connectivity index (χ2v) is 3.71. The van der Waals surface area contributed by atoms with Crippen molar-refractivity contribution in [1.29, 1.82) is 0 Å². The number of aliphatic carboxylic acids is 1. The van der Waals surface area contributed by atoms with Crippen LogP contribution in [0.3, 0.4) is 0 Å². The molecule has 0 radical (unpaired) electrons. The normalized spacial score (nSPS) is 22.1. The molecule has 0 aliphatic heterocycles. The van der Waals surface area contributed by atoms with E-state index in [9.17, 15) is 9.18 Å². The van der Waals surface area contributed by atoms with Crippen LogP contribution in [0.25, 0.3) is 0 Å². The second-order valence-electron chi connectivity index (χ2n) is 3.71. The molecule has 1 fully saturated rings. The number of hydrogen-bond acceptors (Lipinski definition) is 2. The van der Waals surface area contributed by atoms with E-state index in [0.29, 0.717) is 18.8 Å². The van der Waals surface area contributed by atoms with Crippen LogP contribution in [0.5, 0.6) is 5.75 Å². The third kappa shape index (κ3) is 3.26. The van der Waals surface area contributed by atoms with Crippen LogP contribution in [-0.4, -0.2) is 36.5 Å². The van der Waals surface area contributed by atoms with Gasteiger partial charge in [-0.15, -0.1) is 0 Å². The van der Waals surface area contributed by atoms with Crippen LogP contribution in [0.4, 0.5) is 4.39 Å². The summed E-state index contributed by atoms with van der Waals surface area (Å²) >= 11 is 0. The summed E-state index contributed by atoms with van der Waals surface area (Å²) in [4.78, 5) is 10.5. The molecule has 5 heteroatoms. The van der Waals surface area contributed by atoms with E-state index in [1.54, 1.807) is 0 Å². The molecular weight excluding hydrogens is 206 g/mol. The SMILES string of the molecule is O=C(O)C1CC1COc1ccc(F)cc1.[LiH]. The van der Waals surface area contributed by atoms with Crippen molar-refractivity contribution in [2.24, 2.45) is 11.8 Å². The fourth-order valence-corrected chi connectivity index (χ4v) is 1.47. The quantitative estimate of drug-likeness (QED) is 0.774. The van der Waals surface area contributed by atoms with E-state index in [1.165, 1.54) is 24.3 Å². The van der Waals surface area contributed by atoms with Crippen molar-refractivity contribution < 1.29 is 19.0 Å². The predicted molar refractivity (Wildman–Crippen MR) is 58.3 cm³/mol. The third-order valence-electron chi connectivity index (χ3n) is 2.52. The first-order valence-corrected chi connectivity index (χ1v) is 4.78. The Bertz CT molecular complexity index is 366. The Morgan fingerprint density at radius 1 is 1.44 bits per heavy atom. The fraction of sp³-hybridized carbons (Fsp3) is 0.364. The van der Waals surface area contributed by atoms with Gasteiger partial charge in [0, 0.05) is 5.92 Å². The topological polar surface area (TPSA) is 46.5 Å². The maximum absolute atomic E-state index is 12.5. The molecule has 0 heterocycles.